The molecule has 1 aromatic rings. The van der Waals surface area contributed by atoms with E-state index in [9.17, 15) is 0 Å². The summed E-state index contributed by atoms with van der Waals surface area (Å²) in [5.41, 5.74) is 0. The molecule has 74 valence electrons. The van der Waals surface area contributed by atoms with Crippen LogP contribution in [0.2, 0.25) is 0 Å². The fraction of sp³-hybridized carbons (Fsp3) is 0.750. The molecule has 5 heteroatoms. The van der Waals surface area contributed by atoms with Gasteiger partial charge in [0.2, 0.25) is 5.89 Å². The average molecular weight is 185 g/mol. The quantitative estimate of drug-likeness (QED) is 0.707. The molecule has 1 unspecified atom stereocenters. The lowest BCUT2D eigenvalue weighted by Crippen LogP contribution is -2.32. The lowest BCUT2D eigenvalue weighted by atomic mass is 10.2. The predicted octanol–water partition coefficient (Wildman–Crippen LogP) is 0.155. The molecule has 0 aliphatic rings. The summed E-state index contributed by atoms with van der Waals surface area (Å²) in [7, 11) is 3.55. The number of ether oxygens (including phenoxy) is 1. The standard InChI is InChI=1S/C8H15N3O2/c1-6-10-8(13-11-6)4-7(9-2)5-12-3/h7,9H,4-5H2,1-3H3. The van der Waals surface area contributed by atoms with Gasteiger partial charge in [-0.05, 0) is 14.0 Å². The molecule has 0 bridgehead atoms. The van der Waals surface area contributed by atoms with Gasteiger partial charge in [0.15, 0.2) is 5.82 Å². The van der Waals surface area contributed by atoms with Gasteiger partial charge < -0.3 is 14.6 Å². The van der Waals surface area contributed by atoms with Crippen molar-refractivity contribution in [3.8, 4) is 0 Å². The second-order valence-corrected chi connectivity index (χ2v) is 2.88. The average Bonchev–Trinajstić information content (AvgIpc) is 2.50. The Labute approximate surface area is 77.5 Å². The third kappa shape index (κ3) is 3.12. The molecule has 1 aromatic heterocycles. The molecule has 0 aromatic carbocycles. The molecular formula is C8H15N3O2. The lowest BCUT2D eigenvalue weighted by Gasteiger charge is -2.11. The predicted molar refractivity (Wildman–Crippen MR) is 47.5 cm³/mol. The van der Waals surface area contributed by atoms with E-state index in [4.69, 9.17) is 9.26 Å². The first-order chi connectivity index (χ1) is 6.26. The lowest BCUT2D eigenvalue weighted by molar-refractivity contribution is 0.165. The second-order valence-electron chi connectivity index (χ2n) is 2.88. The summed E-state index contributed by atoms with van der Waals surface area (Å²) in [6.07, 6.45) is 0.700. The van der Waals surface area contributed by atoms with E-state index in [1.807, 2.05) is 7.05 Å². The summed E-state index contributed by atoms with van der Waals surface area (Å²) in [4.78, 5) is 4.11. The van der Waals surface area contributed by atoms with E-state index in [0.29, 0.717) is 24.7 Å². The summed E-state index contributed by atoms with van der Waals surface area (Å²) in [5, 5.41) is 6.82. The van der Waals surface area contributed by atoms with Crippen molar-refractivity contribution < 1.29 is 9.26 Å². The van der Waals surface area contributed by atoms with Gasteiger partial charge in [-0.25, -0.2) is 0 Å². The highest BCUT2D eigenvalue weighted by atomic mass is 16.5. The molecule has 0 radical (unpaired) electrons. The molecule has 1 rings (SSSR count). The van der Waals surface area contributed by atoms with Gasteiger partial charge in [0.1, 0.15) is 0 Å². The minimum absolute atomic E-state index is 0.227. The Hall–Kier alpha value is -0.940. The van der Waals surface area contributed by atoms with E-state index in [2.05, 4.69) is 15.5 Å². The maximum atomic E-state index is 5.02. The van der Waals surface area contributed by atoms with Crippen molar-refractivity contribution in [3.05, 3.63) is 11.7 Å². The highest BCUT2D eigenvalue weighted by Crippen LogP contribution is 2.00. The van der Waals surface area contributed by atoms with Crippen molar-refractivity contribution >= 4 is 0 Å². The summed E-state index contributed by atoms with van der Waals surface area (Å²) >= 11 is 0. The number of rotatable bonds is 5. The molecule has 1 heterocycles. The van der Waals surface area contributed by atoms with Crippen LogP contribution >= 0.6 is 0 Å². The van der Waals surface area contributed by atoms with Crippen molar-refractivity contribution in [1.82, 2.24) is 15.5 Å². The first-order valence-corrected chi connectivity index (χ1v) is 4.21. The fourth-order valence-electron chi connectivity index (χ4n) is 1.08. The summed E-state index contributed by atoms with van der Waals surface area (Å²) in [6, 6.07) is 0.227. The first-order valence-electron chi connectivity index (χ1n) is 4.21. The topological polar surface area (TPSA) is 60.2 Å². The highest BCUT2D eigenvalue weighted by molar-refractivity contribution is 4.86. The van der Waals surface area contributed by atoms with Crippen LogP contribution in [0.4, 0.5) is 0 Å². The molecule has 0 amide bonds. The molecule has 0 fully saturated rings. The van der Waals surface area contributed by atoms with Crippen molar-refractivity contribution in [2.75, 3.05) is 20.8 Å². The molecule has 0 saturated heterocycles. The zero-order valence-corrected chi connectivity index (χ0v) is 8.20. The second kappa shape index (κ2) is 4.94. The van der Waals surface area contributed by atoms with Gasteiger partial charge in [-0.2, -0.15) is 4.98 Å². The van der Waals surface area contributed by atoms with Gasteiger partial charge in [-0.1, -0.05) is 5.16 Å². The van der Waals surface area contributed by atoms with Crippen LogP contribution in [-0.2, 0) is 11.2 Å². The van der Waals surface area contributed by atoms with Gasteiger partial charge in [0.05, 0.1) is 6.61 Å². The van der Waals surface area contributed by atoms with E-state index in [0.717, 1.165) is 0 Å². The first kappa shape index (κ1) is 10.1. The van der Waals surface area contributed by atoms with Crippen LogP contribution < -0.4 is 5.32 Å². The molecule has 0 aliphatic carbocycles. The van der Waals surface area contributed by atoms with Gasteiger partial charge in [0, 0.05) is 19.6 Å². The van der Waals surface area contributed by atoms with Crippen molar-refractivity contribution in [2.45, 2.75) is 19.4 Å². The van der Waals surface area contributed by atoms with Crippen LogP contribution in [0, 0.1) is 6.92 Å². The van der Waals surface area contributed by atoms with Crippen molar-refractivity contribution in [2.24, 2.45) is 0 Å². The van der Waals surface area contributed by atoms with Crippen LogP contribution in [0.1, 0.15) is 11.7 Å². The fourth-order valence-corrected chi connectivity index (χ4v) is 1.08. The van der Waals surface area contributed by atoms with Gasteiger partial charge in [0.25, 0.3) is 0 Å². The maximum absolute atomic E-state index is 5.02. The SMILES string of the molecule is CNC(COC)Cc1nc(C)no1. The van der Waals surface area contributed by atoms with E-state index in [-0.39, 0.29) is 6.04 Å². The summed E-state index contributed by atoms with van der Waals surface area (Å²) in [6.45, 7) is 2.44. The third-order valence-electron chi connectivity index (χ3n) is 1.77. The van der Waals surface area contributed by atoms with Crippen LogP contribution in [-0.4, -0.2) is 36.9 Å². The smallest absolute Gasteiger partial charge is 0.228 e. The minimum atomic E-state index is 0.227. The van der Waals surface area contributed by atoms with Crippen LogP contribution in [0.5, 0.6) is 0 Å². The largest absolute Gasteiger partial charge is 0.383 e. The highest BCUT2D eigenvalue weighted by Gasteiger charge is 2.11. The number of nitrogens with zero attached hydrogens (tertiary/aromatic N) is 2. The zero-order chi connectivity index (χ0) is 9.68. The third-order valence-corrected chi connectivity index (χ3v) is 1.77. The van der Waals surface area contributed by atoms with E-state index in [1.165, 1.54) is 0 Å². The molecule has 0 aliphatic heterocycles. The van der Waals surface area contributed by atoms with E-state index >= 15 is 0 Å². The van der Waals surface area contributed by atoms with Gasteiger partial charge in [-0.3, -0.25) is 0 Å². The van der Waals surface area contributed by atoms with Gasteiger partial charge in [-0.15, -0.1) is 0 Å². The summed E-state index contributed by atoms with van der Waals surface area (Å²) in [5.74, 6) is 1.32. The summed E-state index contributed by atoms with van der Waals surface area (Å²) < 4.78 is 10.0. The minimum Gasteiger partial charge on any atom is -0.383 e. The van der Waals surface area contributed by atoms with Crippen LogP contribution in [0.15, 0.2) is 4.52 Å². The van der Waals surface area contributed by atoms with E-state index in [1.54, 1.807) is 14.0 Å². The monoisotopic (exact) mass is 185 g/mol. The number of methoxy groups -OCH3 is 1. The number of hydrogen-bond donors (Lipinski definition) is 1. The Morgan fingerprint density at radius 2 is 2.38 bits per heavy atom. The molecule has 1 N–H and O–H groups in total. The normalized spacial score (nSPS) is 13.2. The number of hydrogen-bond acceptors (Lipinski definition) is 5. The number of nitrogens with one attached hydrogen (secondary N) is 1. The van der Waals surface area contributed by atoms with E-state index < -0.39 is 0 Å². The number of likely N-dealkylation sites (N-methyl/N-ethyl adjacent to an activating group) is 1. The molecule has 0 saturated carbocycles. The Morgan fingerprint density at radius 3 is 2.85 bits per heavy atom. The van der Waals surface area contributed by atoms with Gasteiger partial charge >= 0.3 is 0 Å². The Balaban J connectivity index is 2.46. The molecule has 5 nitrogen and oxygen atoms in total. The zero-order valence-electron chi connectivity index (χ0n) is 8.20. The molecular weight excluding hydrogens is 170 g/mol. The van der Waals surface area contributed by atoms with Crippen molar-refractivity contribution in [3.63, 3.8) is 0 Å². The number of aromatic nitrogens is 2. The Kier molecular flexibility index (Phi) is 3.85. The molecule has 1 atom stereocenters. The maximum Gasteiger partial charge on any atom is 0.228 e. The van der Waals surface area contributed by atoms with Crippen LogP contribution in [0.25, 0.3) is 0 Å². The molecule has 0 spiro atoms. The molecule has 13 heavy (non-hydrogen) atoms. The van der Waals surface area contributed by atoms with Crippen LogP contribution in [0.3, 0.4) is 0 Å². The Morgan fingerprint density at radius 1 is 1.62 bits per heavy atom. The Bertz CT molecular complexity index is 249. The number of aryl methyl sites for hydroxylation is 1. The van der Waals surface area contributed by atoms with Crippen molar-refractivity contribution in [1.29, 1.82) is 0 Å².